The fourth-order valence-electron chi connectivity index (χ4n) is 3.67. The standard InChI is InChI=1S/C24H24N4O3/c29-21(27-14-16-28(17-15-27)24-25-12-7-13-26-24)18-31-23(30)22(19-8-3-1-4-9-19)20-10-5-2-6-11-20/h1-13,22H,14-18H2. The van der Waals surface area contributed by atoms with Gasteiger partial charge in [0.1, 0.15) is 5.92 Å². The lowest BCUT2D eigenvalue weighted by atomic mass is 9.91. The maximum absolute atomic E-state index is 13.0. The van der Waals surface area contributed by atoms with Gasteiger partial charge in [0.15, 0.2) is 6.61 Å². The Kier molecular flexibility index (Phi) is 6.52. The Bertz CT molecular complexity index is 952. The molecule has 0 N–H and O–H groups in total. The highest BCUT2D eigenvalue weighted by molar-refractivity contribution is 5.85. The second kappa shape index (κ2) is 9.84. The molecule has 1 saturated heterocycles. The summed E-state index contributed by atoms with van der Waals surface area (Å²) in [6.45, 7) is 2.09. The van der Waals surface area contributed by atoms with E-state index in [1.165, 1.54) is 0 Å². The molecule has 0 saturated carbocycles. The normalized spacial score (nSPS) is 13.8. The van der Waals surface area contributed by atoms with Crippen LogP contribution in [0, 0.1) is 0 Å². The molecule has 0 radical (unpaired) electrons. The third kappa shape index (κ3) is 5.06. The van der Waals surface area contributed by atoms with Gasteiger partial charge in [0.25, 0.3) is 5.91 Å². The predicted octanol–water partition coefficient (Wildman–Crippen LogP) is 2.50. The predicted molar refractivity (Wildman–Crippen MR) is 117 cm³/mol. The summed E-state index contributed by atoms with van der Waals surface area (Å²) in [6.07, 6.45) is 3.41. The van der Waals surface area contributed by atoms with E-state index >= 15 is 0 Å². The highest BCUT2D eigenvalue weighted by Crippen LogP contribution is 2.26. The number of hydrogen-bond acceptors (Lipinski definition) is 6. The molecule has 7 nitrogen and oxygen atoms in total. The van der Waals surface area contributed by atoms with Gasteiger partial charge < -0.3 is 14.5 Å². The van der Waals surface area contributed by atoms with Crippen LogP contribution in [-0.2, 0) is 14.3 Å². The molecule has 0 unspecified atom stereocenters. The molecule has 0 aliphatic carbocycles. The van der Waals surface area contributed by atoms with E-state index in [2.05, 4.69) is 9.97 Å². The molecule has 0 bridgehead atoms. The van der Waals surface area contributed by atoms with Crippen molar-refractivity contribution < 1.29 is 14.3 Å². The lowest BCUT2D eigenvalue weighted by Gasteiger charge is -2.34. The molecule has 3 aromatic rings. The minimum Gasteiger partial charge on any atom is -0.455 e. The quantitative estimate of drug-likeness (QED) is 0.575. The van der Waals surface area contributed by atoms with Crippen LogP contribution in [0.25, 0.3) is 0 Å². The molecular formula is C24H24N4O3. The molecule has 1 fully saturated rings. The van der Waals surface area contributed by atoms with Crippen LogP contribution in [0.1, 0.15) is 17.0 Å². The van der Waals surface area contributed by atoms with Crippen molar-refractivity contribution in [2.24, 2.45) is 0 Å². The van der Waals surface area contributed by atoms with E-state index in [1.54, 1.807) is 23.4 Å². The zero-order valence-electron chi connectivity index (χ0n) is 17.1. The van der Waals surface area contributed by atoms with Crippen molar-refractivity contribution in [1.29, 1.82) is 0 Å². The number of nitrogens with zero attached hydrogens (tertiary/aromatic N) is 4. The van der Waals surface area contributed by atoms with Gasteiger partial charge >= 0.3 is 5.97 Å². The van der Waals surface area contributed by atoms with Crippen LogP contribution in [0.2, 0.25) is 0 Å². The number of anilines is 1. The minimum absolute atomic E-state index is 0.193. The summed E-state index contributed by atoms with van der Waals surface area (Å²) in [5, 5.41) is 0. The minimum atomic E-state index is -0.567. The van der Waals surface area contributed by atoms with Gasteiger partial charge in [-0.25, -0.2) is 9.97 Å². The first-order chi connectivity index (χ1) is 15.2. The van der Waals surface area contributed by atoms with E-state index in [0.29, 0.717) is 32.1 Å². The molecule has 7 heteroatoms. The van der Waals surface area contributed by atoms with Gasteiger partial charge in [0, 0.05) is 38.6 Å². The number of benzene rings is 2. The molecular weight excluding hydrogens is 392 g/mol. The first-order valence-corrected chi connectivity index (χ1v) is 10.3. The Morgan fingerprint density at radius 3 is 1.90 bits per heavy atom. The van der Waals surface area contributed by atoms with E-state index < -0.39 is 11.9 Å². The monoisotopic (exact) mass is 416 g/mol. The third-order valence-electron chi connectivity index (χ3n) is 5.31. The van der Waals surface area contributed by atoms with Crippen molar-refractivity contribution in [2.75, 3.05) is 37.7 Å². The van der Waals surface area contributed by atoms with Crippen molar-refractivity contribution in [1.82, 2.24) is 14.9 Å². The lowest BCUT2D eigenvalue weighted by Crippen LogP contribution is -2.50. The van der Waals surface area contributed by atoms with Gasteiger partial charge in [0.2, 0.25) is 5.95 Å². The van der Waals surface area contributed by atoms with Gasteiger partial charge in [-0.05, 0) is 17.2 Å². The Morgan fingerprint density at radius 2 is 1.35 bits per heavy atom. The maximum Gasteiger partial charge on any atom is 0.318 e. The number of aromatic nitrogens is 2. The van der Waals surface area contributed by atoms with E-state index in [0.717, 1.165) is 11.1 Å². The maximum atomic E-state index is 13.0. The van der Waals surface area contributed by atoms with Crippen LogP contribution in [0.4, 0.5) is 5.95 Å². The van der Waals surface area contributed by atoms with Crippen LogP contribution in [0.15, 0.2) is 79.1 Å². The molecule has 0 spiro atoms. The summed E-state index contributed by atoms with van der Waals surface area (Å²) in [7, 11) is 0. The van der Waals surface area contributed by atoms with Gasteiger partial charge in [0.05, 0.1) is 0 Å². The second-order valence-corrected chi connectivity index (χ2v) is 7.28. The SMILES string of the molecule is O=C(OCC(=O)N1CCN(c2ncccn2)CC1)C(c1ccccc1)c1ccccc1. The second-order valence-electron chi connectivity index (χ2n) is 7.28. The van der Waals surface area contributed by atoms with E-state index in [-0.39, 0.29) is 12.5 Å². The number of carbonyl (C=O) groups excluding carboxylic acids is 2. The zero-order valence-corrected chi connectivity index (χ0v) is 17.1. The van der Waals surface area contributed by atoms with Crippen molar-refractivity contribution in [3.63, 3.8) is 0 Å². The van der Waals surface area contributed by atoms with E-state index in [4.69, 9.17) is 4.74 Å². The van der Waals surface area contributed by atoms with Crippen LogP contribution >= 0.6 is 0 Å². The Balaban J connectivity index is 1.35. The number of amides is 1. The molecule has 31 heavy (non-hydrogen) atoms. The van der Waals surface area contributed by atoms with Crippen LogP contribution < -0.4 is 4.90 Å². The number of esters is 1. The van der Waals surface area contributed by atoms with Gasteiger partial charge in [-0.3, -0.25) is 9.59 Å². The van der Waals surface area contributed by atoms with Crippen molar-refractivity contribution in [2.45, 2.75) is 5.92 Å². The number of ether oxygens (including phenoxy) is 1. The summed E-state index contributed by atoms with van der Waals surface area (Å²) < 4.78 is 5.47. The van der Waals surface area contributed by atoms with Gasteiger partial charge in [-0.15, -0.1) is 0 Å². The van der Waals surface area contributed by atoms with Crippen LogP contribution in [0.3, 0.4) is 0 Å². The largest absolute Gasteiger partial charge is 0.455 e. The average molecular weight is 416 g/mol. The van der Waals surface area contributed by atoms with E-state index in [9.17, 15) is 9.59 Å². The van der Waals surface area contributed by atoms with Crippen molar-refractivity contribution in [3.8, 4) is 0 Å². The highest BCUT2D eigenvalue weighted by Gasteiger charge is 2.27. The summed E-state index contributed by atoms with van der Waals surface area (Å²) in [5.74, 6) is -0.527. The number of carbonyl (C=O) groups is 2. The highest BCUT2D eigenvalue weighted by atomic mass is 16.5. The van der Waals surface area contributed by atoms with Crippen LogP contribution in [0.5, 0.6) is 0 Å². The average Bonchev–Trinajstić information content (AvgIpc) is 2.85. The fourth-order valence-corrected chi connectivity index (χ4v) is 3.67. The lowest BCUT2D eigenvalue weighted by molar-refractivity contribution is -0.152. The van der Waals surface area contributed by atoms with E-state index in [1.807, 2.05) is 65.6 Å². The molecule has 158 valence electrons. The number of hydrogen-bond donors (Lipinski definition) is 0. The molecule has 2 aromatic carbocycles. The summed E-state index contributed by atoms with van der Waals surface area (Å²) >= 11 is 0. The summed E-state index contributed by atoms with van der Waals surface area (Å²) in [6, 6.07) is 20.7. The molecule has 4 rings (SSSR count). The number of piperazine rings is 1. The molecule has 0 atom stereocenters. The third-order valence-corrected chi connectivity index (χ3v) is 5.31. The first kappa shape index (κ1) is 20.5. The molecule has 1 amide bonds. The zero-order chi connectivity index (χ0) is 21.5. The summed E-state index contributed by atoms with van der Waals surface area (Å²) in [4.78, 5) is 37.8. The Hall–Kier alpha value is -3.74. The Labute approximate surface area is 181 Å². The molecule has 1 aliphatic rings. The molecule has 1 aromatic heterocycles. The van der Waals surface area contributed by atoms with Gasteiger partial charge in [-0.2, -0.15) is 0 Å². The Morgan fingerprint density at radius 1 is 0.806 bits per heavy atom. The molecule has 1 aliphatic heterocycles. The first-order valence-electron chi connectivity index (χ1n) is 10.3. The summed E-state index contributed by atoms with van der Waals surface area (Å²) in [5.41, 5.74) is 1.67. The van der Waals surface area contributed by atoms with Crippen molar-refractivity contribution in [3.05, 3.63) is 90.3 Å². The number of rotatable bonds is 6. The van der Waals surface area contributed by atoms with Crippen molar-refractivity contribution >= 4 is 17.8 Å². The van der Waals surface area contributed by atoms with Gasteiger partial charge in [-0.1, -0.05) is 60.7 Å². The fraction of sp³-hybridized carbons (Fsp3) is 0.250. The smallest absolute Gasteiger partial charge is 0.318 e. The topological polar surface area (TPSA) is 75.6 Å². The van der Waals surface area contributed by atoms with Crippen LogP contribution in [-0.4, -0.2) is 59.5 Å². The molecule has 2 heterocycles.